The zero-order chi connectivity index (χ0) is 19.4. The Bertz CT molecular complexity index is 823. The van der Waals surface area contributed by atoms with Gasteiger partial charge < -0.3 is 14.4 Å². The summed E-state index contributed by atoms with van der Waals surface area (Å²) in [6.07, 6.45) is 3.38. The topological polar surface area (TPSA) is 38.8 Å². The molecule has 4 heteroatoms. The molecule has 2 aromatic rings. The average molecular weight is 367 g/mol. The van der Waals surface area contributed by atoms with Gasteiger partial charge in [0.2, 0.25) is 0 Å². The first-order chi connectivity index (χ1) is 13.0. The van der Waals surface area contributed by atoms with E-state index in [4.69, 9.17) is 9.47 Å². The molecule has 0 unspecified atom stereocenters. The van der Waals surface area contributed by atoms with Crippen molar-refractivity contribution in [2.75, 3.05) is 20.2 Å². The van der Waals surface area contributed by atoms with Crippen molar-refractivity contribution in [1.29, 1.82) is 0 Å². The first kappa shape index (κ1) is 19.3. The number of piperidine rings is 1. The first-order valence-electron chi connectivity index (χ1n) is 9.66. The number of ether oxygens (including phenoxy) is 2. The van der Waals surface area contributed by atoms with E-state index in [2.05, 4.69) is 32.9 Å². The second-order valence-electron chi connectivity index (χ2n) is 7.37. The van der Waals surface area contributed by atoms with Crippen LogP contribution in [0.4, 0.5) is 0 Å². The molecule has 0 N–H and O–H groups in total. The highest BCUT2D eigenvalue weighted by atomic mass is 16.5. The van der Waals surface area contributed by atoms with Gasteiger partial charge in [-0.2, -0.15) is 0 Å². The Balaban J connectivity index is 1.81. The van der Waals surface area contributed by atoms with Gasteiger partial charge in [-0.15, -0.1) is 0 Å². The lowest BCUT2D eigenvalue weighted by Gasteiger charge is -2.27. The molecule has 0 bridgehead atoms. The lowest BCUT2D eigenvalue weighted by atomic mass is 10.1. The van der Waals surface area contributed by atoms with Crippen LogP contribution in [0.3, 0.4) is 0 Å². The molecule has 1 aliphatic heterocycles. The summed E-state index contributed by atoms with van der Waals surface area (Å²) in [5.74, 6) is 1.72. The monoisotopic (exact) mass is 367 g/mol. The molecule has 0 saturated carbocycles. The van der Waals surface area contributed by atoms with E-state index in [-0.39, 0.29) is 5.91 Å². The van der Waals surface area contributed by atoms with Crippen LogP contribution in [0.2, 0.25) is 0 Å². The molecular weight excluding hydrogens is 338 g/mol. The Labute approximate surface area is 162 Å². The number of aryl methyl sites for hydroxylation is 2. The van der Waals surface area contributed by atoms with Crippen LogP contribution < -0.4 is 9.47 Å². The van der Waals surface area contributed by atoms with E-state index >= 15 is 0 Å². The Morgan fingerprint density at radius 2 is 1.74 bits per heavy atom. The quantitative estimate of drug-likeness (QED) is 0.760. The third-order valence-corrected chi connectivity index (χ3v) is 5.32. The van der Waals surface area contributed by atoms with Gasteiger partial charge in [-0.25, -0.2) is 0 Å². The van der Waals surface area contributed by atoms with Crippen molar-refractivity contribution in [2.24, 2.45) is 0 Å². The second-order valence-corrected chi connectivity index (χ2v) is 7.37. The normalized spacial score (nSPS) is 14.1. The maximum atomic E-state index is 12.8. The van der Waals surface area contributed by atoms with Gasteiger partial charge >= 0.3 is 0 Å². The van der Waals surface area contributed by atoms with Crippen LogP contribution in [0.15, 0.2) is 30.3 Å². The molecular formula is C23H29NO3. The van der Waals surface area contributed by atoms with Crippen LogP contribution in [0, 0.1) is 20.8 Å². The van der Waals surface area contributed by atoms with Crippen LogP contribution in [-0.4, -0.2) is 31.0 Å². The predicted octanol–water partition coefficient (Wildman–Crippen LogP) is 4.83. The fourth-order valence-electron chi connectivity index (χ4n) is 3.61. The molecule has 4 nitrogen and oxygen atoms in total. The molecule has 3 rings (SSSR count). The van der Waals surface area contributed by atoms with Gasteiger partial charge in [-0.3, -0.25) is 4.79 Å². The minimum Gasteiger partial charge on any atom is -0.496 e. The summed E-state index contributed by atoms with van der Waals surface area (Å²) < 4.78 is 11.6. The Hall–Kier alpha value is -2.49. The van der Waals surface area contributed by atoms with Crippen molar-refractivity contribution in [3.05, 3.63) is 58.1 Å². The minimum absolute atomic E-state index is 0.0983. The number of hydrogen-bond donors (Lipinski definition) is 0. The van der Waals surface area contributed by atoms with Crippen molar-refractivity contribution in [2.45, 2.75) is 46.6 Å². The van der Waals surface area contributed by atoms with E-state index in [1.165, 1.54) is 17.5 Å². The molecule has 1 aliphatic rings. The standard InChI is InChI=1S/C23H29NO3/c1-16-12-17(2)18(3)22(13-16)27-15-20-14-19(8-9-21(20)26-4)23(25)24-10-6-5-7-11-24/h8-9,12-14H,5-7,10-11,15H2,1-4H3. The summed E-state index contributed by atoms with van der Waals surface area (Å²) in [7, 11) is 1.65. The molecule has 0 aromatic heterocycles. The fourth-order valence-corrected chi connectivity index (χ4v) is 3.61. The van der Waals surface area contributed by atoms with Crippen LogP contribution in [-0.2, 0) is 6.61 Å². The third-order valence-electron chi connectivity index (χ3n) is 5.32. The number of hydrogen-bond acceptors (Lipinski definition) is 3. The van der Waals surface area contributed by atoms with E-state index in [1.807, 2.05) is 23.1 Å². The molecule has 0 spiro atoms. The van der Waals surface area contributed by atoms with Crippen molar-refractivity contribution in [3.8, 4) is 11.5 Å². The number of carbonyl (C=O) groups is 1. The number of methoxy groups -OCH3 is 1. The maximum Gasteiger partial charge on any atom is 0.253 e. The van der Waals surface area contributed by atoms with E-state index in [0.717, 1.165) is 48.6 Å². The molecule has 144 valence electrons. The number of carbonyl (C=O) groups excluding carboxylic acids is 1. The number of benzene rings is 2. The lowest BCUT2D eigenvalue weighted by Crippen LogP contribution is -2.35. The zero-order valence-corrected chi connectivity index (χ0v) is 16.8. The van der Waals surface area contributed by atoms with Gasteiger partial charge in [-0.1, -0.05) is 6.07 Å². The molecule has 0 atom stereocenters. The van der Waals surface area contributed by atoms with Crippen LogP contribution >= 0.6 is 0 Å². The fraction of sp³-hybridized carbons (Fsp3) is 0.435. The summed E-state index contributed by atoms with van der Waals surface area (Å²) in [6.45, 7) is 8.29. The van der Waals surface area contributed by atoms with Crippen LogP contribution in [0.25, 0.3) is 0 Å². The highest BCUT2D eigenvalue weighted by Gasteiger charge is 2.19. The highest BCUT2D eigenvalue weighted by molar-refractivity contribution is 5.94. The van der Waals surface area contributed by atoms with Crippen LogP contribution in [0.1, 0.15) is 51.9 Å². The predicted molar refractivity (Wildman–Crippen MR) is 108 cm³/mol. The van der Waals surface area contributed by atoms with Crippen molar-refractivity contribution < 1.29 is 14.3 Å². The van der Waals surface area contributed by atoms with Crippen molar-refractivity contribution >= 4 is 5.91 Å². The molecule has 1 fully saturated rings. The van der Waals surface area contributed by atoms with Crippen molar-refractivity contribution in [1.82, 2.24) is 4.90 Å². The summed E-state index contributed by atoms with van der Waals surface area (Å²) in [5.41, 5.74) is 5.12. The summed E-state index contributed by atoms with van der Waals surface area (Å²) in [5, 5.41) is 0. The lowest BCUT2D eigenvalue weighted by molar-refractivity contribution is 0.0724. The molecule has 2 aromatic carbocycles. The average Bonchev–Trinajstić information content (AvgIpc) is 2.69. The van der Waals surface area contributed by atoms with E-state index < -0.39 is 0 Å². The second kappa shape index (κ2) is 8.47. The largest absolute Gasteiger partial charge is 0.496 e. The van der Waals surface area contributed by atoms with Gasteiger partial charge in [0, 0.05) is 24.2 Å². The Kier molecular flexibility index (Phi) is 6.04. The number of nitrogens with zero attached hydrogens (tertiary/aromatic N) is 1. The van der Waals surface area contributed by atoms with E-state index in [0.29, 0.717) is 12.2 Å². The summed E-state index contributed by atoms with van der Waals surface area (Å²) in [4.78, 5) is 14.8. The Morgan fingerprint density at radius 1 is 1.00 bits per heavy atom. The molecule has 1 saturated heterocycles. The molecule has 1 amide bonds. The third kappa shape index (κ3) is 4.44. The molecule has 27 heavy (non-hydrogen) atoms. The summed E-state index contributed by atoms with van der Waals surface area (Å²) >= 11 is 0. The van der Waals surface area contributed by atoms with E-state index in [9.17, 15) is 4.79 Å². The molecule has 0 aliphatic carbocycles. The summed E-state index contributed by atoms with van der Waals surface area (Å²) in [6, 6.07) is 9.83. The minimum atomic E-state index is 0.0983. The zero-order valence-electron chi connectivity index (χ0n) is 16.8. The highest BCUT2D eigenvalue weighted by Crippen LogP contribution is 2.27. The Morgan fingerprint density at radius 3 is 2.44 bits per heavy atom. The van der Waals surface area contributed by atoms with Crippen molar-refractivity contribution in [3.63, 3.8) is 0 Å². The van der Waals surface area contributed by atoms with Gasteiger partial charge in [0.25, 0.3) is 5.91 Å². The van der Waals surface area contributed by atoms with Gasteiger partial charge in [0.05, 0.1) is 7.11 Å². The number of likely N-dealkylation sites (tertiary alicyclic amines) is 1. The maximum absolute atomic E-state index is 12.8. The molecule has 0 radical (unpaired) electrons. The SMILES string of the molecule is COc1ccc(C(=O)N2CCCCC2)cc1COc1cc(C)cc(C)c1C. The van der Waals surface area contributed by atoms with Crippen LogP contribution in [0.5, 0.6) is 11.5 Å². The first-order valence-corrected chi connectivity index (χ1v) is 9.66. The molecule has 1 heterocycles. The number of rotatable bonds is 5. The smallest absolute Gasteiger partial charge is 0.253 e. The van der Waals surface area contributed by atoms with Gasteiger partial charge in [0.1, 0.15) is 18.1 Å². The van der Waals surface area contributed by atoms with Gasteiger partial charge in [-0.05, 0) is 81.0 Å². The number of amides is 1. The van der Waals surface area contributed by atoms with E-state index in [1.54, 1.807) is 7.11 Å². The van der Waals surface area contributed by atoms with Gasteiger partial charge in [0.15, 0.2) is 0 Å².